The summed E-state index contributed by atoms with van der Waals surface area (Å²) < 4.78 is 10.8. The van der Waals surface area contributed by atoms with Crippen molar-refractivity contribution in [3.05, 3.63) is 68.2 Å². The van der Waals surface area contributed by atoms with E-state index in [1.807, 2.05) is 0 Å². The second kappa shape index (κ2) is 9.13. The number of nitro benzene ring substituents is 1. The SMILES string of the molecule is CCOc1ccc(C(=O)NC(C(=O)OC)c2ccc(Br)cc2)cc1[N+](=O)[O-]. The molecule has 9 heteroatoms. The Hall–Kier alpha value is -2.94. The molecular weight excluding hydrogens is 420 g/mol. The third kappa shape index (κ3) is 5.04. The van der Waals surface area contributed by atoms with Crippen molar-refractivity contribution in [3.63, 3.8) is 0 Å². The van der Waals surface area contributed by atoms with E-state index in [1.165, 1.54) is 19.2 Å². The van der Waals surface area contributed by atoms with Crippen LogP contribution in [0.25, 0.3) is 0 Å². The maximum Gasteiger partial charge on any atom is 0.333 e. The van der Waals surface area contributed by atoms with Gasteiger partial charge in [0.1, 0.15) is 0 Å². The maximum absolute atomic E-state index is 12.6. The van der Waals surface area contributed by atoms with Crippen LogP contribution in [-0.4, -0.2) is 30.5 Å². The molecule has 0 bridgehead atoms. The summed E-state index contributed by atoms with van der Waals surface area (Å²) in [4.78, 5) is 35.3. The maximum atomic E-state index is 12.6. The zero-order valence-corrected chi connectivity index (χ0v) is 16.2. The Kier molecular flexibility index (Phi) is 6.89. The number of hydrogen-bond donors (Lipinski definition) is 1. The van der Waals surface area contributed by atoms with E-state index >= 15 is 0 Å². The Balaban J connectivity index is 2.32. The van der Waals surface area contributed by atoms with Crippen LogP contribution in [0.15, 0.2) is 46.9 Å². The van der Waals surface area contributed by atoms with E-state index in [2.05, 4.69) is 21.2 Å². The molecule has 2 aromatic carbocycles. The summed E-state index contributed by atoms with van der Waals surface area (Å²) in [5, 5.41) is 13.8. The zero-order chi connectivity index (χ0) is 20.0. The molecule has 0 saturated heterocycles. The molecule has 1 unspecified atom stereocenters. The molecule has 1 N–H and O–H groups in total. The largest absolute Gasteiger partial charge is 0.487 e. The summed E-state index contributed by atoms with van der Waals surface area (Å²) in [6.07, 6.45) is 0. The number of rotatable bonds is 7. The van der Waals surface area contributed by atoms with E-state index in [1.54, 1.807) is 31.2 Å². The lowest BCUT2D eigenvalue weighted by molar-refractivity contribution is -0.385. The average Bonchev–Trinajstić information content (AvgIpc) is 2.66. The number of esters is 1. The van der Waals surface area contributed by atoms with Gasteiger partial charge in [-0.25, -0.2) is 4.79 Å². The number of benzene rings is 2. The standard InChI is InChI=1S/C18H17BrN2O6/c1-3-27-15-9-6-12(10-14(15)21(24)25)17(22)20-16(18(23)26-2)11-4-7-13(19)8-5-11/h4-10,16H,3H2,1-2H3,(H,20,22). The first kappa shape index (κ1) is 20.4. The molecule has 142 valence electrons. The lowest BCUT2D eigenvalue weighted by Crippen LogP contribution is -2.34. The van der Waals surface area contributed by atoms with Gasteiger partial charge in [0.05, 0.1) is 18.6 Å². The quantitative estimate of drug-likeness (QED) is 0.404. The Bertz CT molecular complexity index is 853. The molecule has 0 aliphatic heterocycles. The molecule has 0 spiro atoms. The number of nitro groups is 1. The van der Waals surface area contributed by atoms with Gasteiger partial charge in [-0.1, -0.05) is 28.1 Å². The Morgan fingerprint density at radius 2 is 1.89 bits per heavy atom. The van der Waals surface area contributed by atoms with Crippen LogP contribution in [0, 0.1) is 10.1 Å². The van der Waals surface area contributed by atoms with Crippen molar-refractivity contribution >= 4 is 33.5 Å². The van der Waals surface area contributed by atoms with Gasteiger partial charge in [-0.2, -0.15) is 0 Å². The molecule has 0 radical (unpaired) electrons. The molecule has 2 aromatic rings. The van der Waals surface area contributed by atoms with E-state index in [0.29, 0.717) is 5.56 Å². The van der Waals surface area contributed by atoms with E-state index in [4.69, 9.17) is 9.47 Å². The monoisotopic (exact) mass is 436 g/mol. The number of nitrogens with zero attached hydrogens (tertiary/aromatic N) is 1. The van der Waals surface area contributed by atoms with Gasteiger partial charge in [-0.15, -0.1) is 0 Å². The minimum Gasteiger partial charge on any atom is -0.487 e. The third-order valence-electron chi connectivity index (χ3n) is 3.63. The van der Waals surface area contributed by atoms with Gasteiger partial charge < -0.3 is 14.8 Å². The number of nitrogens with one attached hydrogen (secondary N) is 1. The third-order valence-corrected chi connectivity index (χ3v) is 4.16. The average molecular weight is 437 g/mol. The van der Waals surface area contributed by atoms with Crippen LogP contribution in [0.1, 0.15) is 28.9 Å². The van der Waals surface area contributed by atoms with Gasteiger partial charge in [0.2, 0.25) is 0 Å². The van der Waals surface area contributed by atoms with Crippen molar-refractivity contribution in [3.8, 4) is 5.75 Å². The Labute approximate surface area is 163 Å². The summed E-state index contributed by atoms with van der Waals surface area (Å²) in [5.74, 6) is -1.25. The van der Waals surface area contributed by atoms with E-state index in [9.17, 15) is 19.7 Å². The molecule has 0 fully saturated rings. The summed E-state index contributed by atoms with van der Waals surface area (Å²) in [5.41, 5.74) is 0.206. The molecule has 0 aliphatic rings. The van der Waals surface area contributed by atoms with Crippen LogP contribution >= 0.6 is 15.9 Å². The molecule has 8 nitrogen and oxygen atoms in total. The van der Waals surface area contributed by atoms with Crippen LogP contribution in [0.5, 0.6) is 5.75 Å². The van der Waals surface area contributed by atoms with E-state index in [0.717, 1.165) is 10.5 Å². The number of methoxy groups -OCH3 is 1. The second-order valence-electron chi connectivity index (χ2n) is 5.35. The minimum atomic E-state index is -1.05. The fourth-order valence-electron chi connectivity index (χ4n) is 2.34. The predicted octanol–water partition coefficient (Wildman–Crippen LogP) is 3.40. The molecule has 0 aliphatic carbocycles. The molecule has 1 atom stereocenters. The molecular formula is C18H17BrN2O6. The normalized spacial score (nSPS) is 11.4. The van der Waals surface area contributed by atoms with Crippen LogP contribution in [-0.2, 0) is 9.53 Å². The number of ether oxygens (including phenoxy) is 2. The lowest BCUT2D eigenvalue weighted by Gasteiger charge is -2.17. The highest BCUT2D eigenvalue weighted by atomic mass is 79.9. The molecule has 1 amide bonds. The zero-order valence-electron chi connectivity index (χ0n) is 14.6. The number of carbonyl (C=O) groups excluding carboxylic acids is 2. The Morgan fingerprint density at radius 3 is 2.44 bits per heavy atom. The summed E-state index contributed by atoms with van der Waals surface area (Å²) in [6, 6.07) is 9.56. The topological polar surface area (TPSA) is 108 Å². The number of carbonyl (C=O) groups is 2. The van der Waals surface area contributed by atoms with Crippen molar-refractivity contribution in [1.29, 1.82) is 0 Å². The first-order valence-electron chi connectivity index (χ1n) is 7.92. The first-order valence-corrected chi connectivity index (χ1v) is 8.72. The smallest absolute Gasteiger partial charge is 0.333 e. The van der Waals surface area contributed by atoms with Crippen molar-refractivity contribution in [1.82, 2.24) is 5.32 Å². The van der Waals surface area contributed by atoms with Crippen molar-refractivity contribution in [2.24, 2.45) is 0 Å². The van der Waals surface area contributed by atoms with Gasteiger partial charge in [0.15, 0.2) is 11.8 Å². The summed E-state index contributed by atoms with van der Waals surface area (Å²) in [6.45, 7) is 1.95. The number of hydrogen-bond acceptors (Lipinski definition) is 6. The van der Waals surface area contributed by atoms with Gasteiger partial charge in [0, 0.05) is 16.1 Å². The number of amides is 1. The van der Waals surface area contributed by atoms with Gasteiger partial charge in [-0.05, 0) is 36.8 Å². The molecule has 0 saturated carbocycles. The lowest BCUT2D eigenvalue weighted by atomic mass is 10.1. The second-order valence-corrected chi connectivity index (χ2v) is 6.27. The van der Waals surface area contributed by atoms with Gasteiger partial charge >= 0.3 is 11.7 Å². The first-order chi connectivity index (χ1) is 12.9. The van der Waals surface area contributed by atoms with Crippen molar-refractivity contribution in [2.45, 2.75) is 13.0 Å². The molecule has 27 heavy (non-hydrogen) atoms. The predicted molar refractivity (Wildman–Crippen MR) is 101 cm³/mol. The summed E-state index contributed by atoms with van der Waals surface area (Å²) in [7, 11) is 1.21. The van der Waals surface area contributed by atoms with Crippen LogP contribution in [0.2, 0.25) is 0 Å². The fourth-order valence-corrected chi connectivity index (χ4v) is 2.61. The molecule has 0 aromatic heterocycles. The highest BCUT2D eigenvalue weighted by Crippen LogP contribution is 2.28. The number of halogens is 1. The van der Waals surface area contributed by atoms with E-state index in [-0.39, 0.29) is 23.6 Å². The fraction of sp³-hybridized carbons (Fsp3) is 0.222. The summed E-state index contributed by atoms with van der Waals surface area (Å²) >= 11 is 3.30. The molecule has 0 heterocycles. The van der Waals surface area contributed by atoms with Crippen molar-refractivity contribution < 1.29 is 24.0 Å². The van der Waals surface area contributed by atoms with Crippen LogP contribution in [0.3, 0.4) is 0 Å². The van der Waals surface area contributed by atoms with Gasteiger partial charge in [-0.3, -0.25) is 14.9 Å². The van der Waals surface area contributed by atoms with Crippen molar-refractivity contribution in [2.75, 3.05) is 13.7 Å². The van der Waals surface area contributed by atoms with Gasteiger partial charge in [0.25, 0.3) is 5.91 Å². The van der Waals surface area contributed by atoms with Crippen LogP contribution in [0.4, 0.5) is 5.69 Å². The van der Waals surface area contributed by atoms with Crippen LogP contribution < -0.4 is 10.1 Å². The highest BCUT2D eigenvalue weighted by molar-refractivity contribution is 9.10. The highest BCUT2D eigenvalue weighted by Gasteiger charge is 2.26. The molecule has 2 rings (SSSR count). The Morgan fingerprint density at radius 1 is 1.22 bits per heavy atom. The van der Waals surface area contributed by atoms with E-state index < -0.39 is 22.8 Å². The minimum absolute atomic E-state index is 0.0242.